The van der Waals surface area contributed by atoms with Crippen LogP contribution in [0.4, 0.5) is 0 Å². The molecule has 1 aliphatic heterocycles. The van der Waals surface area contributed by atoms with Crippen LogP contribution in [0.2, 0.25) is 0 Å². The number of likely N-dealkylation sites (N-methyl/N-ethyl adjacent to an activating group) is 1. The van der Waals surface area contributed by atoms with Crippen molar-refractivity contribution in [1.29, 1.82) is 0 Å². The maximum Gasteiger partial charge on any atom is 0.193 e. The first kappa shape index (κ1) is 16.6. The van der Waals surface area contributed by atoms with Crippen LogP contribution < -0.4 is 5.32 Å². The second-order valence-corrected chi connectivity index (χ2v) is 5.66. The van der Waals surface area contributed by atoms with Crippen LogP contribution in [0.1, 0.15) is 18.9 Å². The molecule has 1 N–H and O–H groups in total. The van der Waals surface area contributed by atoms with Gasteiger partial charge in [-0.2, -0.15) is 0 Å². The fourth-order valence-electron chi connectivity index (χ4n) is 2.62. The summed E-state index contributed by atoms with van der Waals surface area (Å²) in [5, 5.41) is 3.46. The van der Waals surface area contributed by atoms with Crippen LogP contribution in [0.3, 0.4) is 0 Å². The summed E-state index contributed by atoms with van der Waals surface area (Å²) in [5.74, 6) is 1.01. The average Bonchev–Trinajstić information content (AvgIpc) is 2.59. The van der Waals surface area contributed by atoms with Crippen LogP contribution >= 0.6 is 0 Å². The Morgan fingerprint density at radius 1 is 1.32 bits per heavy atom. The van der Waals surface area contributed by atoms with Gasteiger partial charge in [0, 0.05) is 33.2 Å². The number of guanidine groups is 1. The SMILES string of the molecule is CCN(C)CCNC(=NC)N1CC=C(c2ccccc2)CC1. The molecule has 4 heteroatoms. The van der Waals surface area contributed by atoms with E-state index in [-0.39, 0.29) is 0 Å². The van der Waals surface area contributed by atoms with E-state index in [2.05, 4.69) is 70.5 Å². The van der Waals surface area contributed by atoms with E-state index in [9.17, 15) is 0 Å². The topological polar surface area (TPSA) is 30.9 Å². The molecule has 4 nitrogen and oxygen atoms in total. The van der Waals surface area contributed by atoms with E-state index in [0.717, 1.165) is 45.1 Å². The first-order chi connectivity index (χ1) is 10.7. The minimum absolute atomic E-state index is 0.924. The zero-order valence-electron chi connectivity index (χ0n) is 14.0. The minimum atomic E-state index is 0.924. The molecular formula is C18H28N4. The number of aliphatic imine (C=N–C) groups is 1. The molecule has 0 amide bonds. The van der Waals surface area contributed by atoms with Crippen LogP contribution in [-0.2, 0) is 0 Å². The Morgan fingerprint density at radius 3 is 2.68 bits per heavy atom. The quantitative estimate of drug-likeness (QED) is 0.669. The molecule has 0 saturated heterocycles. The first-order valence-corrected chi connectivity index (χ1v) is 8.13. The second-order valence-electron chi connectivity index (χ2n) is 5.66. The summed E-state index contributed by atoms with van der Waals surface area (Å²) >= 11 is 0. The highest BCUT2D eigenvalue weighted by molar-refractivity contribution is 5.81. The van der Waals surface area contributed by atoms with Gasteiger partial charge >= 0.3 is 0 Å². The monoisotopic (exact) mass is 300 g/mol. The first-order valence-electron chi connectivity index (χ1n) is 8.13. The van der Waals surface area contributed by atoms with E-state index in [1.165, 1.54) is 11.1 Å². The normalized spacial score (nSPS) is 15.9. The van der Waals surface area contributed by atoms with Gasteiger partial charge in [-0.05, 0) is 31.1 Å². The van der Waals surface area contributed by atoms with Gasteiger partial charge in [0.25, 0.3) is 0 Å². The number of benzene rings is 1. The Morgan fingerprint density at radius 2 is 2.09 bits per heavy atom. The van der Waals surface area contributed by atoms with Gasteiger partial charge in [-0.25, -0.2) is 0 Å². The number of rotatable bonds is 5. The molecule has 0 radical (unpaired) electrons. The number of nitrogens with one attached hydrogen (secondary N) is 1. The molecule has 0 atom stereocenters. The summed E-state index contributed by atoms with van der Waals surface area (Å²) in [7, 11) is 4.00. The van der Waals surface area contributed by atoms with Crippen molar-refractivity contribution < 1.29 is 0 Å². The third kappa shape index (κ3) is 4.60. The molecule has 0 spiro atoms. The highest BCUT2D eigenvalue weighted by Gasteiger charge is 2.15. The van der Waals surface area contributed by atoms with E-state index in [1.54, 1.807) is 0 Å². The third-order valence-corrected chi connectivity index (χ3v) is 4.18. The number of hydrogen-bond donors (Lipinski definition) is 1. The van der Waals surface area contributed by atoms with E-state index < -0.39 is 0 Å². The molecule has 0 aliphatic carbocycles. The highest BCUT2D eigenvalue weighted by atomic mass is 15.3. The van der Waals surface area contributed by atoms with E-state index in [1.807, 2.05) is 7.05 Å². The molecular weight excluding hydrogens is 272 g/mol. The van der Waals surface area contributed by atoms with Crippen molar-refractivity contribution in [3.8, 4) is 0 Å². The zero-order valence-corrected chi connectivity index (χ0v) is 14.0. The maximum absolute atomic E-state index is 4.42. The molecule has 0 bridgehead atoms. The standard InChI is InChI=1S/C18H28N4/c1-4-21(3)15-12-20-18(19-2)22-13-10-17(11-14-22)16-8-6-5-7-9-16/h5-10H,4,11-15H2,1-3H3,(H,19,20). The summed E-state index contributed by atoms with van der Waals surface area (Å²) in [6.07, 6.45) is 3.39. The predicted molar refractivity (Wildman–Crippen MR) is 95.1 cm³/mol. The molecule has 0 aromatic heterocycles. The zero-order chi connectivity index (χ0) is 15.8. The lowest BCUT2D eigenvalue weighted by molar-refractivity contribution is 0.352. The van der Waals surface area contributed by atoms with Crippen molar-refractivity contribution in [2.75, 3.05) is 46.8 Å². The molecule has 1 aromatic carbocycles. The molecule has 22 heavy (non-hydrogen) atoms. The molecule has 0 saturated carbocycles. The Balaban J connectivity index is 1.87. The van der Waals surface area contributed by atoms with Crippen molar-refractivity contribution in [3.05, 3.63) is 42.0 Å². The fourth-order valence-corrected chi connectivity index (χ4v) is 2.62. The van der Waals surface area contributed by atoms with Gasteiger partial charge in [-0.15, -0.1) is 0 Å². The summed E-state index contributed by atoms with van der Waals surface area (Å²) in [5.41, 5.74) is 2.78. The van der Waals surface area contributed by atoms with Crippen molar-refractivity contribution in [2.24, 2.45) is 4.99 Å². The molecule has 120 valence electrons. The second kappa shape index (κ2) is 8.59. The van der Waals surface area contributed by atoms with Gasteiger partial charge in [0.1, 0.15) is 0 Å². The Kier molecular flexibility index (Phi) is 6.46. The Labute approximate surface area is 134 Å². The van der Waals surface area contributed by atoms with Crippen LogP contribution in [0.15, 0.2) is 41.4 Å². The molecule has 1 aliphatic rings. The van der Waals surface area contributed by atoms with E-state index in [0.29, 0.717) is 0 Å². The van der Waals surface area contributed by atoms with Crippen LogP contribution in [-0.4, -0.2) is 62.6 Å². The van der Waals surface area contributed by atoms with Crippen molar-refractivity contribution in [3.63, 3.8) is 0 Å². The van der Waals surface area contributed by atoms with Crippen molar-refractivity contribution in [2.45, 2.75) is 13.3 Å². The Bertz CT molecular complexity index is 507. The van der Waals surface area contributed by atoms with Crippen LogP contribution in [0, 0.1) is 0 Å². The molecule has 1 aromatic rings. The lowest BCUT2D eigenvalue weighted by Gasteiger charge is -2.30. The molecule has 0 unspecified atom stereocenters. The highest BCUT2D eigenvalue weighted by Crippen LogP contribution is 2.21. The van der Waals surface area contributed by atoms with Gasteiger partial charge in [-0.3, -0.25) is 4.99 Å². The van der Waals surface area contributed by atoms with Crippen molar-refractivity contribution in [1.82, 2.24) is 15.1 Å². The smallest absolute Gasteiger partial charge is 0.193 e. The van der Waals surface area contributed by atoms with Gasteiger partial charge in [0.05, 0.1) is 0 Å². The van der Waals surface area contributed by atoms with Crippen molar-refractivity contribution >= 4 is 11.5 Å². The molecule has 0 fully saturated rings. The van der Waals surface area contributed by atoms with Gasteiger partial charge in [0.2, 0.25) is 0 Å². The van der Waals surface area contributed by atoms with Crippen LogP contribution in [0.25, 0.3) is 5.57 Å². The Hall–Kier alpha value is -1.81. The molecule has 2 rings (SSSR count). The van der Waals surface area contributed by atoms with Gasteiger partial charge in [0.15, 0.2) is 5.96 Å². The summed E-state index contributed by atoms with van der Waals surface area (Å²) in [6, 6.07) is 10.7. The fraction of sp³-hybridized carbons (Fsp3) is 0.500. The summed E-state index contributed by atoms with van der Waals surface area (Å²) in [6.45, 7) is 7.16. The number of nitrogens with zero attached hydrogens (tertiary/aromatic N) is 3. The average molecular weight is 300 g/mol. The summed E-state index contributed by atoms with van der Waals surface area (Å²) < 4.78 is 0. The van der Waals surface area contributed by atoms with E-state index in [4.69, 9.17) is 0 Å². The lowest BCUT2D eigenvalue weighted by atomic mass is 10.00. The minimum Gasteiger partial charge on any atom is -0.355 e. The predicted octanol–water partition coefficient (Wildman–Crippen LogP) is 2.30. The third-order valence-electron chi connectivity index (χ3n) is 4.18. The number of hydrogen-bond acceptors (Lipinski definition) is 2. The van der Waals surface area contributed by atoms with E-state index >= 15 is 0 Å². The van der Waals surface area contributed by atoms with Crippen LogP contribution in [0.5, 0.6) is 0 Å². The molecule has 1 heterocycles. The summed E-state index contributed by atoms with van der Waals surface area (Å²) in [4.78, 5) is 9.03. The maximum atomic E-state index is 4.42. The largest absolute Gasteiger partial charge is 0.355 e. The van der Waals surface area contributed by atoms with Gasteiger partial charge in [-0.1, -0.05) is 43.3 Å². The van der Waals surface area contributed by atoms with Gasteiger partial charge < -0.3 is 15.1 Å². The lowest BCUT2D eigenvalue weighted by Crippen LogP contribution is -2.45.